The van der Waals surface area contributed by atoms with Crippen molar-refractivity contribution in [2.75, 3.05) is 6.54 Å². The van der Waals surface area contributed by atoms with Crippen molar-refractivity contribution in [2.45, 2.75) is 122 Å². The third kappa shape index (κ3) is 5.56. The van der Waals surface area contributed by atoms with E-state index in [0.29, 0.717) is 29.8 Å². The van der Waals surface area contributed by atoms with Crippen LogP contribution in [0.1, 0.15) is 104 Å². The summed E-state index contributed by atoms with van der Waals surface area (Å²) in [5.41, 5.74) is 0.162. The minimum Gasteiger partial charge on any atom is -0.313 e. The fourth-order valence-corrected chi connectivity index (χ4v) is 6.19. The SMILES string of the molecule is CCCCCCCCCNC1C2CCCCC2NC2CC(C)(C)CC(=O)C21. The van der Waals surface area contributed by atoms with Crippen molar-refractivity contribution in [3.8, 4) is 0 Å². The van der Waals surface area contributed by atoms with Gasteiger partial charge in [-0.25, -0.2) is 0 Å². The predicted molar refractivity (Wildman–Crippen MR) is 114 cm³/mol. The monoisotopic (exact) mass is 376 g/mol. The van der Waals surface area contributed by atoms with Gasteiger partial charge in [-0.05, 0) is 43.6 Å². The van der Waals surface area contributed by atoms with E-state index in [1.165, 1.54) is 70.6 Å². The number of carbonyl (C=O) groups is 1. The molecular formula is C24H44N2O. The zero-order valence-corrected chi connectivity index (χ0v) is 18.2. The van der Waals surface area contributed by atoms with Crippen LogP contribution >= 0.6 is 0 Å². The van der Waals surface area contributed by atoms with Crippen LogP contribution in [0, 0.1) is 17.3 Å². The number of hydrogen-bond acceptors (Lipinski definition) is 3. The number of carbonyl (C=O) groups excluding carboxylic acids is 1. The van der Waals surface area contributed by atoms with E-state index in [2.05, 4.69) is 31.4 Å². The summed E-state index contributed by atoms with van der Waals surface area (Å²) in [7, 11) is 0. The molecular weight excluding hydrogens is 332 g/mol. The summed E-state index contributed by atoms with van der Waals surface area (Å²) in [5, 5.41) is 7.86. The predicted octanol–water partition coefficient (Wildman–Crippen LogP) is 5.23. The van der Waals surface area contributed by atoms with Gasteiger partial charge in [0.1, 0.15) is 5.78 Å². The number of fused-ring (bicyclic) bond motifs is 2. The highest BCUT2D eigenvalue weighted by atomic mass is 16.1. The summed E-state index contributed by atoms with van der Waals surface area (Å²) < 4.78 is 0. The third-order valence-corrected chi connectivity index (χ3v) is 7.49. The lowest BCUT2D eigenvalue weighted by atomic mass is 9.61. The van der Waals surface area contributed by atoms with Crippen LogP contribution in [0.5, 0.6) is 0 Å². The normalized spacial score (nSPS) is 35.5. The highest BCUT2D eigenvalue weighted by molar-refractivity contribution is 5.84. The first-order chi connectivity index (χ1) is 13.0. The van der Waals surface area contributed by atoms with Crippen LogP contribution in [0.3, 0.4) is 0 Å². The Balaban J connectivity index is 1.54. The molecule has 27 heavy (non-hydrogen) atoms. The quantitative estimate of drug-likeness (QED) is 0.541. The maximum Gasteiger partial charge on any atom is 0.139 e. The maximum atomic E-state index is 13.1. The standard InChI is InChI=1S/C24H44N2O/c1-4-5-6-7-8-9-12-15-25-23-18-13-10-11-14-19(18)26-20-16-24(2,3)17-21(27)22(20)23/h18-20,22-23,25-26H,4-17H2,1-3H3. The highest BCUT2D eigenvalue weighted by Gasteiger charge is 2.51. The molecule has 0 aromatic carbocycles. The van der Waals surface area contributed by atoms with E-state index in [9.17, 15) is 4.79 Å². The van der Waals surface area contributed by atoms with E-state index in [1.807, 2.05) is 0 Å². The number of unbranched alkanes of at least 4 members (excludes halogenated alkanes) is 6. The molecule has 156 valence electrons. The van der Waals surface area contributed by atoms with Crippen molar-refractivity contribution in [3.05, 3.63) is 0 Å². The van der Waals surface area contributed by atoms with Crippen molar-refractivity contribution in [1.82, 2.24) is 10.6 Å². The molecule has 0 amide bonds. The van der Waals surface area contributed by atoms with Crippen molar-refractivity contribution in [1.29, 1.82) is 0 Å². The van der Waals surface area contributed by atoms with Crippen LogP contribution in [0.15, 0.2) is 0 Å². The Morgan fingerprint density at radius 2 is 1.70 bits per heavy atom. The van der Waals surface area contributed by atoms with Crippen LogP contribution in [-0.2, 0) is 4.79 Å². The molecule has 3 rings (SSSR count). The molecule has 5 unspecified atom stereocenters. The number of Topliss-reactive ketones (excluding diaryl/α,β-unsaturated/α-hetero) is 1. The first-order valence-electron chi connectivity index (χ1n) is 12.0. The minimum atomic E-state index is 0.162. The molecule has 0 spiro atoms. The largest absolute Gasteiger partial charge is 0.313 e. The lowest BCUT2D eigenvalue weighted by Gasteiger charge is -2.54. The van der Waals surface area contributed by atoms with Gasteiger partial charge in [-0.1, -0.05) is 72.1 Å². The second-order valence-corrected chi connectivity index (χ2v) is 10.5. The Morgan fingerprint density at radius 3 is 2.48 bits per heavy atom. The Bertz CT molecular complexity index is 475. The van der Waals surface area contributed by atoms with E-state index in [4.69, 9.17) is 0 Å². The number of hydrogen-bond donors (Lipinski definition) is 2. The molecule has 0 radical (unpaired) electrons. The lowest BCUT2D eigenvalue weighted by molar-refractivity contribution is -0.134. The van der Waals surface area contributed by atoms with Crippen LogP contribution in [0.25, 0.3) is 0 Å². The first kappa shape index (κ1) is 21.3. The van der Waals surface area contributed by atoms with Gasteiger partial charge in [0, 0.05) is 30.5 Å². The average molecular weight is 377 g/mol. The van der Waals surface area contributed by atoms with Crippen LogP contribution in [-0.4, -0.2) is 30.5 Å². The van der Waals surface area contributed by atoms with Crippen molar-refractivity contribution >= 4 is 5.78 Å². The van der Waals surface area contributed by atoms with Gasteiger partial charge in [0.05, 0.1) is 0 Å². The number of ketones is 1. The summed E-state index contributed by atoms with van der Waals surface area (Å²) in [6.45, 7) is 7.93. The Kier molecular flexibility index (Phi) is 7.79. The molecule has 2 N–H and O–H groups in total. The van der Waals surface area contributed by atoms with Gasteiger partial charge in [0.25, 0.3) is 0 Å². The molecule has 2 aliphatic carbocycles. The minimum absolute atomic E-state index is 0.162. The molecule has 1 aliphatic heterocycles. The summed E-state index contributed by atoms with van der Waals surface area (Å²) in [6.07, 6.45) is 16.7. The second-order valence-electron chi connectivity index (χ2n) is 10.5. The van der Waals surface area contributed by atoms with Gasteiger partial charge in [-0.2, -0.15) is 0 Å². The van der Waals surface area contributed by atoms with E-state index in [1.54, 1.807) is 0 Å². The first-order valence-corrected chi connectivity index (χ1v) is 12.0. The smallest absolute Gasteiger partial charge is 0.139 e. The zero-order chi connectivity index (χ0) is 19.3. The Morgan fingerprint density at radius 1 is 1.00 bits per heavy atom. The molecule has 3 nitrogen and oxygen atoms in total. The van der Waals surface area contributed by atoms with Crippen molar-refractivity contribution in [2.24, 2.45) is 17.3 Å². The lowest BCUT2D eigenvalue weighted by Crippen LogP contribution is -2.68. The van der Waals surface area contributed by atoms with Crippen LogP contribution in [0.2, 0.25) is 0 Å². The fraction of sp³-hybridized carbons (Fsp3) is 0.958. The van der Waals surface area contributed by atoms with E-state index in [0.717, 1.165) is 19.4 Å². The Hall–Kier alpha value is -0.410. The number of rotatable bonds is 9. The number of nitrogens with one attached hydrogen (secondary N) is 2. The molecule has 2 saturated carbocycles. The van der Waals surface area contributed by atoms with E-state index < -0.39 is 0 Å². The molecule has 0 bridgehead atoms. The van der Waals surface area contributed by atoms with Gasteiger partial charge in [0.15, 0.2) is 0 Å². The molecule has 0 aromatic rings. The van der Waals surface area contributed by atoms with Gasteiger partial charge in [-0.3, -0.25) is 4.79 Å². The van der Waals surface area contributed by atoms with Gasteiger partial charge >= 0.3 is 0 Å². The second kappa shape index (κ2) is 9.87. The molecule has 1 heterocycles. The molecule has 0 aromatic heterocycles. The summed E-state index contributed by atoms with van der Waals surface area (Å²) >= 11 is 0. The molecule has 3 fully saturated rings. The zero-order valence-electron chi connectivity index (χ0n) is 18.2. The Labute approximate surface area is 167 Å². The average Bonchev–Trinajstić information content (AvgIpc) is 2.62. The van der Waals surface area contributed by atoms with Crippen molar-refractivity contribution < 1.29 is 4.79 Å². The van der Waals surface area contributed by atoms with E-state index in [-0.39, 0.29) is 11.3 Å². The van der Waals surface area contributed by atoms with Crippen LogP contribution < -0.4 is 10.6 Å². The van der Waals surface area contributed by atoms with Gasteiger partial charge in [0.2, 0.25) is 0 Å². The molecule has 3 heteroatoms. The topological polar surface area (TPSA) is 41.1 Å². The highest BCUT2D eigenvalue weighted by Crippen LogP contribution is 2.44. The third-order valence-electron chi connectivity index (χ3n) is 7.49. The molecule has 5 atom stereocenters. The van der Waals surface area contributed by atoms with Gasteiger partial charge < -0.3 is 10.6 Å². The summed E-state index contributed by atoms with van der Waals surface area (Å²) in [5.74, 6) is 1.39. The number of piperidine rings is 1. The molecule has 3 aliphatic rings. The van der Waals surface area contributed by atoms with Crippen molar-refractivity contribution in [3.63, 3.8) is 0 Å². The fourth-order valence-electron chi connectivity index (χ4n) is 6.19. The van der Waals surface area contributed by atoms with Gasteiger partial charge in [-0.15, -0.1) is 0 Å². The van der Waals surface area contributed by atoms with Crippen LogP contribution in [0.4, 0.5) is 0 Å². The maximum absolute atomic E-state index is 13.1. The summed E-state index contributed by atoms with van der Waals surface area (Å²) in [4.78, 5) is 13.1. The summed E-state index contributed by atoms with van der Waals surface area (Å²) in [6, 6.07) is 1.45. The molecule has 1 saturated heterocycles. The van der Waals surface area contributed by atoms with E-state index >= 15 is 0 Å².